The molecule has 13 heteroatoms. The fraction of sp³-hybridized carbons (Fsp3) is 0.393. The highest BCUT2D eigenvalue weighted by molar-refractivity contribution is 7.90. The lowest BCUT2D eigenvalue weighted by atomic mass is 10.1. The molecule has 0 atom stereocenters. The number of carbonyl (C=O) groups is 1. The van der Waals surface area contributed by atoms with E-state index in [9.17, 15) is 26.4 Å². The van der Waals surface area contributed by atoms with Crippen LogP contribution in [0.5, 0.6) is 0 Å². The van der Waals surface area contributed by atoms with Gasteiger partial charge in [-0.05, 0) is 61.3 Å². The van der Waals surface area contributed by atoms with E-state index in [-0.39, 0.29) is 23.3 Å². The maximum atomic E-state index is 13.6. The Morgan fingerprint density at radius 3 is 2.32 bits per heavy atom. The van der Waals surface area contributed by atoms with Gasteiger partial charge in [0, 0.05) is 36.8 Å². The van der Waals surface area contributed by atoms with E-state index in [1.165, 1.54) is 18.2 Å². The van der Waals surface area contributed by atoms with Crippen LogP contribution in [0.15, 0.2) is 59.6 Å². The number of anilines is 3. The van der Waals surface area contributed by atoms with Crippen molar-refractivity contribution in [3.63, 3.8) is 0 Å². The summed E-state index contributed by atoms with van der Waals surface area (Å²) < 4.78 is 64.4. The van der Waals surface area contributed by atoms with E-state index in [2.05, 4.69) is 25.9 Å². The standard InChI is InChI=1S/C28H35F3N6O3S/c1-41(39,40)23-10-8-9-20(17-23)18-34-25-24(28(29,30)31)19-35-27(37-25)36-22-13-11-21(12-14-22)26(38)33-16-7-5-3-2-4-6-15-32/h8-14,17,19H,2-7,15-16,18,32H2,1H3,(H,33,38)(H2,34,35,36,37). The molecule has 0 spiro atoms. The van der Waals surface area contributed by atoms with Crippen LogP contribution < -0.4 is 21.7 Å². The van der Waals surface area contributed by atoms with Gasteiger partial charge in [0.15, 0.2) is 9.84 Å². The lowest BCUT2D eigenvalue weighted by molar-refractivity contribution is -0.137. The van der Waals surface area contributed by atoms with E-state index in [1.807, 2.05) is 0 Å². The summed E-state index contributed by atoms with van der Waals surface area (Å²) in [4.78, 5) is 20.3. The molecule has 0 aliphatic heterocycles. The molecule has 0 saturated heterocycles. The highest BCUT2D eigenvalue weighted by Gasteiger charge is 2.35. The van der Waals surface area contributed by atoms with Crippen LogP contribution in [0.3, 0.4) is 0 Å². The first-order valence-corrected chi connectivity index (χ1v) is 15.2. The monoisotopic (exact) mass is 592 g/mol. The molecule has 1 heterocycles. The minimum atomic E-state index is -4.71. The van der Waals surface area contributed by atoms with Crippen LogP contribution in [0.4, 0.5) is 30.6 Å². The van der Waals surface area contributed by atoms with E-state index in [0.717, 1.165) is 44.8 Å². The molecule has 0 aliphatic carbocycles. The Morgan fingerprint density at radius 2 is 1.66 bits per heavy atom. The number of amides is 1. The number of rotatable bonds is 15. The fourth-order valence-corrected chi connectivity index (χ4v) is 4.66. The number of alkyl halides is 3. The van der Waals surface area contributed by atoms with Crippen molar-refractivity contribution < 1.29 is 26.4 Å². The summed E-state index contributed by atoms with van der Waals surface area (Å²) in [6.45, 7) is 1.19. The molecule has 41 heavy (non-hydrogen) atoms. The van der Waals surface area contributed by atoms with Crippen LogP contribution in [0.2, 0.25) is 0 Å². The molecule has 0 fully saturated rings. The van der Waals surface area contributed by atoms with Crippen LogP contribution in [-0.2, 0) is 22.6 Å². The molecule has 0 saturated carbocycles. The third kappa shape index (κ3) is 10.3. The highest BCUT2D eigenvalue weighted by atomic mass is 32.2. The predicted molar refractivity (Wildman–Crippen MR) is 153 cm³/mol. The number of hydrogen-bond acceptors (Lipinski definition) is 8. The Kier molecular flexibility index (Phi) is 11.5. The van der Waals surface area contributed by atoms with Gasteiger partial charge in [-0.25, -0.2) is 13.4 Å². The molecule has 5 N–H and O–H groups in total. The Morgan fingerprint density at radius 1 is 0.976 bits per heavy atom. The molecule has 3 aromatic rings. The van der Waals surface area contributed by atoms with Crippen LogP contribution in [0.1, 0.15) is 60.0 Å². The van der Waals surface area contributed by atoms with Crippen molar-refractivity contribution in [1.29, 1.82) is 0 Å². The second-order valence-corrected chi connectivity index (χ2v) is 11.6. The number of unbranched alkanes of at least 4 members (excludes halogenated alkanes) is 5. The number of benzene rings is 2. The maximum absolute atomic E-state index is 13.6. The number of carbonyl (C=O) groups excluding carboxylic acids is 1. The van der Waals surface area contributed by atoms with E-state index in [1.54, 1.807) is 30.3 Å². The van der Waals surface area contributed by atoms with Crippen molar-refractivity contribution in [3.8, 4) is 0 Å². The van der Waals surface area contributed by atoms with Crippen molar-refractivity contribution in [2.75, 3.05) is 30.0 Å². The summed E-state index contributed by atoms with van der Waals surface area (Å²) in [5, 5.41) is 8.38. The minimum Gasteiger partial charge on any atom is -0.365 e. The molecule has 2 aromatic carbocycles. The highest BCUT2D eigenvalue weighted by Crippen LogP contribution is 2.34. The molecule has 0 radical (unpaired) electrons. The first kappa shape index (κ1) is 31.8. The van der Waals surface area contributed by atoms with Crippen molar-refractivity contribution in [2.24, 2.45) is 5.73 Å². The van der Waals surface area contributed by atoms with E-state index < -0.39 is 27.4 Å². The van der Waals surface area contributed by atoms with Gasteiger partial charge in [0.1, 0.15) is 11.4 Å². The number of nitrogens with zero attached hydrogens (tertiary/aromatic N) is 2. The van der Waals surface area contributed by atoms with Gasteiger partial charge < -0.3 is 21.7 Å². The first-order valence-electron chi connectivity index (χ1n) is 13.3. The molecule has 222 valence electrons. The van der Waals surface area contributed by atoms with E-state index >= 15 is 0 Å². The van der Waals surface area contributed by atoms with Gasteiger partial charge in [-0.1, -0.05) is 37.8 Å². The van der Waals surface area contributed by atoms with Gasteiger partial charge in [-0.15, -0.1) is 0 Å². The van der Waals surface area contributed by atoms with Crippen molar-refractivity contribution in [3.05, 3.63) is 71.4 Å². The average Bonchev–Trinajstić information content (AvgIpc) is 2.93. The SMILES string of the molecule is CS(=O)(=O)c1cccc(CNc2nc(Nc3ccc(C(=O)NCCCCCCCCN)cc3)ncc2C(F)(F)F)c1. The van der Waals surface area contributed by atoms with Crippen LogP contribution in [-0.4, -0.2) is 43.6 Å². The number of nitrogens with one attached hydrogen (secondary N) is 3. The largest absolute Gasteiger partial charge is 0.421 e. The van der Waals surface area contributed by atoms with Gasteiger partial charge >= 0.3 is 6.18 Å². The molecular formula is C28H35F3N6O3S. The minimum absolute atomic E-state index is 0.0593. The van der Waals surface area contributed by atoms with Crippen LogP contribution >= 0.6 is 0 Å². The second-order valence-electron chi connectivity index (χ2n) is 9.60. The van der Waals surface area contributed by atoms with Crippen molar-refractivity contribution in [1.82, 2.24) is 15.3 Å². The molecule has 1 aromatic heterocycles. The Balaban J connectivity index is 1.61. The van der Waals surface area contributed by atoms with Crippen molar-refractivity contribution >= 4 is 33.2 Å². The lowest BCUT2D eigenvalue weighted by Crippen LogP contribution is -2.24. The summed E-state index contributed by atoms with van der Waals surface area (Å²) in [5.41, 5.74) is 5.81. The number of aromatic nitrogens is 2. The normalized spacial score (nSPS) is 11.7. The van der Waals surface area contributed by atoms with Gasteiger partial charge in [0.2, 0.25) is 5.95 Å². The summed E-state index contributed by atoms with van der Waals surface area (Å²) in [5.74, 6) is -0.763. The third-order valence-corrected chi connectivity index (χ3v) is 7.31. The Labute approximate surface area is 238 Å². The second kappa shape index (κ2) is 14.8. The Hall–Kier alpha value is -3.71. The maximum Gasteiger partial charge on any atom is 0.421 e. The molecule has 3 rings (SSSR count). The van der Waals surface area contributed by atoms with Gasteiger partial charge in [-0.2, -0.15) is 18.2 Å². The van der Waals surface area contributed by atoms with Gasteiger partial charge in [0.05, 0.1) is 4.90 Å². The summed E-state index contributed by atoms with van der Waals surface area (Å²) >= 11 is 0. The molecule has 0 bridgehead atoms. The Bertz CT molecular complexity index is 1400. The first-order chi connectivity index (χ1) is 19.5. The smallest absolute Gasteiger partial charge is 0.365 e. The summed E-state index contributed by atoms with van der Waals surface area (Å²) in [6, 6.07) is 12.3. The number of nitrogens with two attached hydrogens (primary N) is 1. The van der Waals surface area contributed by atoms with E-state index in [0.29, 0.717) is 36.1 Å². The number of halogens is 3. The van der Waals surface area contributed by atoms with Gasteiger partial charge in [0.25, 0.3) is 5.91 Å². The molecule has 9 nitrogen and oxygen atoms in total. The lowest BCUT2D eigenvalue weighted by Gasteiger charge is -2.15. The molecular weight excluding hydrogens is 557 g/mol. The molecule has 0 aliphatic rings. The topological polar surface area (TPSA) is 139 Å². The van der Waals surface area contributed by atoms with Crippen molar-refractivity contribution in [2.45, 2.75) is 56.1 Å². The van der Waals surface area contributed by atoms with Crippen LogP contribution in [0.25, 0.3) is 0 Å². The zero-order valence-electron chi connectivity index (χ0n) is 22.8. The fourth-order valence-electron chi connectivity index (χ4n) is 3.97. The number of hydrogen-bond donors (Lipinski definition) is 4. The zero-order valence-corrected chi connectivity index (χ0v) is 23.6. The quantitative estimate of drug-likeness (QED) is 0.175. The summed E-state index contributed by atoms with van der Waals surface area (Å²) in [7, 11) is -3.47. The average molecular weight is 593 g/mol. The molecule has 1 amide bonds. The van der Waals surface area contributed by atoms with Crippen LogP contribution in [0, 0.1) is 0 Å². The predicted octanol–water partition coefficient (Wildman–Crippen LogP) is 5.28. The summed E-state index contributed by atoms with van der Waals surface area (Å²) in [6.07, 6.45) is 3.34. The van der Waals surface area contributed by atoms with E-state index in [4.69, 9.17) is 5.73 Å². The zero-order chi connectivity index (χ0) is 29.9. The van der Waals surface area contributed by atoms with Gasteiger partial charge in [-0.3, -0.25) is 4.79 Å². The third-order valence-electron chi connectivity index (χ3n) is 6.20. The number of sulfone groups is 1. The molecule has 0 unspecified atom stereocenters.